The number of carbonyl (C=O) groups is 2. The average molecular weight is 283 g/mol. The minimum Gasteiger partial charge on any atom is -0.375 e. The summed E-state index contributed by atoms with van der Waals surface area (Å²) in [5.41, 5.74) is 5.53. The maximum absolute atomic E-state index is 12.7. The fourth-order valence-corrected chi connectivity index (χ4v) is 3.27. The van der Waals surface area contributed by atoms with Gasteiger partial charge in [0.1, 0.15) is 6.61 Å². The highest BCUT2D eigenvalue weighted by Gasteiger charge is 2.43. The smallest absolute Gasteiger partial charge is 0.248 e. The maximum Gasteiger partial charge on any atom is 0.248 e. The van der Waals surface area contributed by atoms with Gasteiger partial charge in [-0.25, -0.2) is 0 Å². The number of nitrogens with zero attached hydrogens (tertiary/aromatic N) is 2. The van der Waals surface area contributed by atoms with Crippen LogP contribution in [0.25, 0.3) is 0 Å². The first kappa shape index (κ1) is 15.3. The van der Waals surface area contributed by atoms with Gasteiger partial charge in [0.15, 0.2) is 0 Å². The van der Waals surface area contributed by atoms with Gasteiger partial charge in [0.2, 0.25) is 11.8 Å². The summed E-state index contributed by atoms with van der Waals surface area (Å²) in [7, 11) is 1.52. The second-order valence-electron chi connectivity index (χ2n) is 5.80. The Bertz CT molecular complexity index is 359. The van der Waals surface area contributed by atoms with Crippen LogP contribution in [-0.4, -0.2) is 68.1 Å². The molecule has 2 amide bonds. The van der Waals surface area contributed by atoms with Crippen LogP contribution in [0.4, 0.5) is 0 Å². The van der Waals surface area contributed by atoms with Crippen molar-refractivity contribution in [2.45, 2.75) is 25.7 Å². The molecule has 0 atom stereocenters. The van der Waals surface area contributed by atoms with Crippen molar-refractivity contribution in [2.75, 3.05) is 46.4 Å². The summed E-state index contributed by atoms with van der Waals surface area (Å²) in [5.74, 6) is 0.186. The van der Waals surface area contributed by atoms with Crippen molar-refractivity contribution in [3.05, 3.63) is 0 Å². The van der Waals surface area contributed by atoms with E-state index in [1.807, 2.05) is 4.90 Å². The van der Waals surface area contributed by atoms with E-state index in [-0.39, 0.29) is 23.8 Å². The third kappa shape index (κ3) is 2.96. The Hall–Kier alpha value is -1.14. The molecule has 0 spiro atoms. The fraction of sp³-hybridized carbons (Fsp3) is 0.857. The standard InChI is InChI=1S/C14H25N3O3/c1-20-10-12(18)16-6-8-17(9-7-16)13(19)14(11-15)4-2-3-5-14/h2-11,15H2,1H3. The van der Waals surface area contributed by atoms with E-state index in [9.17, 15) is 9.59 Å². The van der Waals surface area contributed by atoms with Gasteiger partial charge in [-0.1, -0.05) is 12.8 Å². The lowest BCUT2D eigenvalue weighted by Crippen LogP contribution is -2.55. The molecule has 2 fully saturated rings. The van der Waals surface area contributed by atoms with Gasteiger partial charge in [-0.3, -0.25) is 9.59 Å². The van der Waals surface area contributed by atoms with Gasteiger partial charge in [-0.2, -0.15) is 0 Å². The number of carbonyl (C=O) groups excluding carboxylic acids is 2. The Morgan fingerprint density at radius 3 is 2.15 bits per heavy atom. The van der Waals surface area contributed by atoms with Crippen LogP contribution < -0.4 is 5.73 Å². The first-order chi connectivity index (χ1) is 9.63. The lowest BCUT2D eigenvalue weighted by molar-refractivity contribution is -0.147. The van der Waals surface area contributed by atoms with Crippen LogP contribution in [0, 0.1) is 5.41 Å². The van der Waals surface area contributed by atoms with E-state index in [4.69, 9.17) is 10.5 Å². The molecule has 1 saturated heterocycles. The third-order valence-electron chi connectivity index (χ3n) is 4.59. The SMILES string of the molecule is COCC(=O)N1CCN(C(=O)C2(CN)CCCC2)CC1. The van der Waals surface area contributed by atoms with Crippen LogP contribution >= 0.6 is 0 Å². The van der Waals surface area contributed by atoms with Crippen molar-refractivity contribution in [1.82, 2.24) is 9.80 Å². The molecule has 0 aromatic rings. The zero-order valence-corrected chi connectivity index (χ0v) is 12.3. The topological polar surface area (TPSA) is 75.9 Å². The summed E-state index contributed by atoms with van der Waals surface area (Å²) < 4.78 is 4.86. The predicted octanol–water partition coefficient (Wildman–Crippen LogP) is -0.177. The predicted molar refractivity (Wildman–Crippen MR) is 75.0 cm³/mol. The number of nitrogens with two attached hydrogens (primary N) is 1. The number of methoxy groups -OCH3 is 1. The number of ether oxygens (including phenoxy) is 1. The van der Waals surface area contributed by atoms with Crippen molar-refractivity contribution in [3.8, 4) is 0 Å². The Morgan fingerprint density at radius 1 is 1.10 bits per heavy atom. The number of hydrogen-bond acceptors (Lipinski definition) is 4. The van der Waals surface area contributed by atoms with Gasteiger partial charge in [-0.15, -0.1) is 0 Å². The van der Waals surface area contributed by atoms with Crippen LogP contribution in [0.15, 0.2) is 0 Å². The molecule has 0 bridgehead atoms. The third-order valence-corrected chi connectivity index (χ3v) is 4.59. The van der Waals surface area contributed by atoms with E-state index in [1.54, 1.807) is 4.90 Å². The first-order valence-electron chi connectivity index (χ1n) is 7.39. The fourth-order valence-electron chi connectivity index (χ4n) is 3.27. The van der Waals surface area contributed by atoms with Crippen molar-refractivity contribution in [1.29, 1.82) is 0 Å². The van der Waals surface area contributed by atoms with E-state index >= 15 is 0 Å². The molecular formula is C14H25N3O3. The molecule has 2 N–H and O–H groups in total. The van der Waals surface area contributed by atoms with Crippen molar-refractivity contribution in [2.24, 2.45) is 11.1 Å². The molecule has 1 saturated carbocycles. The molecule has 2 rings (SSSR count). The number of amides is 2. The maximum atomic E-state index is 12.7. The Morgan fingerprint density at radius 2 is 1.65 bits per heavy atom. The first-order valence-corrected chi connectivity index (χ1v) is 7.39. The molecule has 114 valence electrons. The van der Waals surface area contributed by atoms with E-state index in [1.165, 1.54) is 7.11 Å². The van der Waals surface area contributed by atoms with Crippen LogP contribution in [-0.2, 0) is 14.3 Å². The monoisotopic (exact) mass is 283 g/mol. The van der Waals surface area contributed by atoms with Gasteiger partial charge in [0.25, 0.3) is 0 Å². The largest absolute Gasteiger partial charge is 0.375 e. The van der Waals surface area contributed by atoms with Crippen LogP contribution in [0.3, 0.4) is 0 Å². The highest BCUT2D eigenvalue weighted by Crippen LogP contribution is 2.38. The quantitative estimate of drug-likeness (QED) is 0.777. The van der Waals surface area contributed by atoms with Crippen molar-refractivity contribution >= 4 is 11.8 Å². The van der Waals surface area contributed by atoms with Crippen LogP contribution in [0.1, 0.15) is 25.7 Å². The number of rotatable bonds is 4. The van der Waals surface area contributed by atoms with Gasteiger partial charge < -0.3 is 20.3 Å². The molecule has 2 aliphatic rings. The molecule has 1 aliphatic carbocycles. The summed E-state index contributed by atoms with van der Waals surface area (Å²) in [4.78, 5) is 28.0. The summed E-state index contributed by atoms with van der Waals surface area (Å²) in [6.45, 7) is 2.95. The molecule has 0 radical (unpaired) electrons. The zero-order chi connectivity index (χ0) is 14.6. The summed E-state index contributed by atoms with van der Waals surface area (Å²) in [6, 6.07) is 0. The van der Waals surface area contributed by atoms with E-state index in [2.05, 4.69) is 0 Å². The summed E-state index contributed by atoms with van der Waals surface area (Å²) in [6.07, 6.45) is 4.00. The van der Waals surface area contributed by atoms with Crippen molar-refractivity contribution in [3.63, 3.8) is 0 Å². The zero-order valence-electron chi connectivity index (χ0n) is 12.3. The highest BCUT2D eigenvalue weighted by atomic mass is 16.5. The average Bonchev–Trinajstić information content (AvgIpc) is 2.97. The molecule has 0 aromatic carbocycles. The lowest BCUT2D eigenvalue weighted by atomic mass is 9.84. The summed E-state index contributed by atoms with van der Waals surface area (Å²) in [5, 5.41) is 0. The van der Waals surface area contributed by atoms with Gasteiger partial charge in [0, 0.05) is 39.8 Å². The van der Waals surface area contributed by atoms with E-state index in [0.717, 1.165) is 25.7 Å². The Kier molecular flexibility index (Phi) is 4.99. The van der Waals surface area contributed by atoms with Gasteiger partial charge >= 0.3 is 0 Å². The molecule has 6 heteroatoms. The van der Waals surface area contributed by atoms with Gasteiger partial charge in [-0.05, 0) is 12.8 Å². The molecule has 6 nitrogen and oxygen atoms in total. The van der Waals surface area contributed by atoms with E-state index < -0.39 is 0 Å². The Balaban J connectivity index is 1.90. The van der Waals surface area contributed by atoms with Gasteiger partial charge in [0.05, 0.1) is 5.41 Å². The molecule has 1 heterocycles. The molecule has 1 aliphatic heterocycles. The second kappa shape index (κ2) is 6.54. The van der Waals surface area contributed by atoms with Crippen LogP contribution in [0.5, 0.6) is 0 Å². The summed E-state index contributed by atoms with van der Waals surface area (Å²) >= 11 is 0. The minimum absolute atomic E-state index is 0.00555. The van der Waals surface area contributed by atoms with Crippen molar-refractivity contribution < 1.29 is 14.3 Å². The number of piperazine rings is 1. The molecular weight excluding hydrogens is 258 g/mol. The van der Waals surface area contributed by atoms with E-state index in [0.29, 0.717) is 32.7 Å². The normalized spacial score (nSPS) is 22.1. The second-order valence-corrected chi connectivity index (χ2v) is 5.80. The molecule has 20 heavy (non-hydrogen) atoms. The van der Waals surface area contributed by atoms with Crippen LogP contribution in [0.2, 0.25) is 0 Å². The number of hydrogen-bond donors (Lipinski definition) is 1. The minimum atomic E-state index is -0.335. The molecule has 0 unspecified atom stereocenters. The highest BCUT2D eigenvalue weighted by molar-refractivity contribution is 5.84. The lowest BCUT2D eigenvalue weighted by Gasteiger charge is -2.39. The molecule has 0 aromatic heterocycles. The Labute approximate surface area is 120 Å².